The highest BCUT2D eigenvalue weighted by atomic mass is 16.4. The zero-order chi connectivity index (χ0) is 10.8. The molecular weight excluding hydrogens is 194 g/mol. The molecule has 82 valence electrons. The van der Waals surface area contributed by atoms with Gasteiger partial charge in [0.05, 0.1) is 6.20 Å². The molecule has 1 N–H and O–H groups in total. The monoisotopic (exact) mass is 209 g/mol. The zero-order valence-electron chi connectivity index (χ0n) is 8.81. The Bertz CT molecular complexity index is 367. The summed E-state index contributed by atoms with van der Waals surface area (Å²) in [7, 11) is 1.79. The average molecular weight is 209 g/mol. The predicted molar refractivity (Wildman–Crippen MR) is 56.2 cm³/mol. The van der Waals surface area contributed by atoms with Gasteiger partial charge in [-0.2, -0.15) is 5.10 Å². The van der Waals surface area contributed by atoms with Crippen molar-refractivity contribution in [3.05, 3.63) is 11.8 Å². The number of piperidine rings is 1. The van der Waals surface area contributed by atoms with Crippen LogP contribution in [-0.2, 0) is 7.05 Å². The quantitative estimate of drug-likeness (QED) is 0.792. The third-order valence-electron chi connectivity index (χ3n) is 2.79. The molecule has 0 bridgehead atoms. The van der Waals surface area contributed by atoms with Crippen molar-refractivity contribution >= 4 is 11.8 Å². The molecule has 0 aromatic carbocycles. The normalized spacial score (nSPS) is 16.7. The second kappa shape index (κ2) is 3.92. The molecule has 0 atom stereocenters. The minimum absolute atomic E-state index is 0.305. The van der Waals surface area contributed by atoms with Gasteiger partial charge < -0.3 is 10.0 Å². The number of hydrogen-bond donors (Lipinski definition) is 1. The summed E-state index contributed by atoms with van der Waals surface area (Å²) in [5.41, 5.74) is 0.305. The largest absolute Gasteiger partial charge is 0.477 e. The first-order valence-corrected chi connectivity index (χ1v) is 5.20. The summed E-state index contributed by atoms with van der Waals surface area (Å²) in [6.07, 6.45) is 4.91. The van der Waals surface area contributed by atoms with Crippen LogP contribution in [0.2, 0.25) is 0 Å². The third kappa shape index (κ3) is 1.82. The topological polar surface area (TPSA) is 58.4 Å². The van der Waals surface area contributed by atoms with Crippen molar-refractivity contribution in [2.45, 2.75) is 19.3 Å². The van der Waals surface area contributed by atoms with Crippen molar-refractivity contribution in [1.82, 2.24) is 9.78 Å². The summed E-state index contributed by atoms with van der Waals surface area (Å²) in [5, 5.41) is 13.0. The molecule has 2 heterocycles. The fourth-order valence-electron chi connectivity index (χ4n) is 2.06. The van der Waals surface area contributed by atoms with E-state index in [-0.39, 0.29) is 0 Å². The number of aryl methyl sites for hydroxylation is 1. The van der Waals surface area contributed by atoms with Crippen LogP contribution in [-0.4, -0.2) is 33.9 Å². The third-order valence-corrected chi connectivity index (χ3v) is 2.79. The van der Waals surface area contributed by atoms with Crippen molar-refractivity contribution in [2.75, 3.05) is 18.0 Å². The molecule has 1 aliphatic heterocycles. The van der Waals surface area contributed by atoms with Crippen LogP contribution >= 0.6 is 0 Å². The first kappa shape index (κ1) is 10.0. The van der Waals surface area contributed by atoms with E-state index in [9.17, 15) is 4.79 Å². The van der Waals surface area contributed by atoms with E-state index in [2.05, 4.69) is 10.00 Å². The number of aromatic nitrogens is 2. The maximum absolute atomic E-state index is 11.0. The highest BCUT2D eigenvalue weighted by Gasteiger charge is 2.21. The number of aromatic carboxylic acids is 1. The first-order chi connectivity index (χ1) is 7.20. The number of carboxylic acids is 1. The van der Waals surface area contributed by atoms with Gasteiger partial charge in [-0.25, -0.2) is 4.79 Å². The van der Waals surface area contributed by atoms with Gasteiger partial charge in [0.25, 0.3) is 0 Å². The van der Waals surface area contributed by atoms with Crippen LogP contribution in [0.1, 0.15) is 29.6 Å². The Labute approximate surface area is 88.3 Å². The zero-order valence-corrected chi connectivity index (χ0v) is 8.81. The Hall–Kier alpha value is -1.52. The van der Waals surface area contributed by atoms with Gasteiger partial charge in [-0.3, -0.25) is 4.68 Å². The summed E-state index contributed by atoms with van der Waals surface area (Å²) in [4.78, 5) is 13.1. The van der Waals surface area contributed by atoms with Crippen molar-refractivity contribution in [3.63, 3.8) is 0 Å². The number of hydrogen-bond acceptors (Lipinski definition) is 3. The van der Waals surface area contributed by atoms with Crippen LogP contribution < -0.4 is 4.90 Å². The van der Waals surface area contributed by atoms with Crippen molar-refractivity contribution in [1.29, 1.82) is 0 Å². The molecule has 2 rings (SSSR count). The number of rotatable bonds is 2. The van der Waals surface area contributed by atoms with Gasteiger partial charge in [-0.1, -0.05) is 0 Å². The van der Waals surface area contributed by atoms with Crippen molar-refractivity contribution in [2.24, 2.45) is 7.05 Å². The van der Waals surface area contributed by atoms with Gasteiger partial charge in [-0.05, 0) is 19.3 Å². The lowest BCUT2D eigenvalue weighted by Gasteiger charge is -2.28. The van der Waals surface area contributed by atoms with E-state index in [0.717, 1.165) is 31.7 Å². The highest BCUT2D eigenvalue weighted by molar-refractivity contribution is 5.93. The molecule has 5 nitrogen and oxygen atoms in total. The molecule has 1 aromatic rings. The summed E-state index contributed by atoms with van der Waals surface area (Å²) >= 11 is 0. The number of nitrogens with zero attached hydrogens (tertiary/aromatic N) is 3. The maximum atomic E-state index is 11.0. The summed E-state index contributed by atoms with van der Waals surface area (Å²) < 4.78 is 1.65. The Morgan fingerprint density at radius 2 is 2.07 bits per heavy atom. The van der Waals surface area contributed by atoms with Crippen LogP contribution in [0.25, 0.3) is 0 Å². The van der Waals surface area contributed by atoms with E-state index in [1.807, 2.05) is 0 Å². The van der Waals surface area contributed by atoms with Crippen LogP contribution in [0.15, 0.2) is 6.20 Å². The predicted octanol–water partition coefficient (Wildman–Crippen LogP) is 1.11. The molecule has 1 saturated heterocycles. The van der Waals surface area contributed by atoms with Crippen molar-refractivity contribution in [3.8, 4) is 0 Å². The fraction of sp³-hybridized carbons (Fsp3) is 0.600. The molecule has 0 spiro atoms. The molecule has 1 fully saturated rings. The van der Waals surface area contributed by atoms with Crippen LogP contribution in [0.4, 0.5) is 5.82 Å². The Morgan fingerprint density at radius 1 is 1.40 bits per heavy atom. The fourth-order valence-corrected chi connectivity index (χ4v) is 2.06. The van der Waals surface area contributed by atoms with Crippen LogP contribution in [0.3, 0.4) is 0 Å². The summed E-state index contributed by atoms with van der Waals surface area (Å²) in [6.45, 7) is 1.86. The smallest absolute Gasteiger partial charge is 0.341 e. The summed E-state index contributed by atoms with van der Waals surface area (Å²) in [6, 6.07) is 0. The van der Waals surface area contributed by atoms with Crippen LogP contribution in [0, 0.1) is 0 Å². The van der Waals surface area contributed by atoms with Crippen molar-refractivity contribution < 1.29 is 9.90 Å². The second-order valence-electron chi connectivity index (χ2n) is 3.86. The number of carbonyl (C=O) groups is 1. The highest BCUT2D eigenvalue weighted by Crippen LogP contribution is 2.23. The molecule has 15 heavy (non-hydrogen) atoms. The molecular formula is C10H15N3O2. The molecule has 5 heteroatoms. The second-order valence-corrected chi connectivity index (χ2v) is 3.86. The maximum Gasteiger partial charge on any atom is 0.341 e. The van der Waals surface area contributed by atoms with E-state index < -0.39 is 5.97 Å². The molecule has 1 aromatic heterocycles. The molecule has 0 radical (unpaired) electrons. The Morgan fingerprint density at radius 3 is 2.67 bits per heavy atom. The lowest BCUT2D eigenvalue weighted by atomic mass is 10.1. The Balaban J connectivity index is 2.32. The van der Waals surface area contributed by atoms with Gasteiger partial charge in [0, 0.05) is 20.1 Å². The Kier molecular flexibility index (Phi) is 2.62. The molecule has 0 aliphatic carbocycles. The van der Waals surface area contributed by atoms with Gasteiger partial charge in [-0.15, -0.1) is 0 Å². The van der Waals surface area contributed by atoms with E-state index in [0.29, 0.717) is 5.56 Å². The molecule has 0 amide bonds. The minimum atomic E-state index is -0.899. The standard InChI is InChI=1S/C10H15N3O2/c1-12-9(8(7-11-12)10(14)15)13-5-3-2-4-6-13/h7H,2-6H2,1H3,(H,14,15). The van der Waals surface area contributed by atoms with E-state index in [1.165, 1.54) is 12.6 Å². The van der Waals surface area contributed by atoms with E-state index in [4.69, 9.17) is 5.11 Å². The summed E-state index contributed by atoms with van der Waals surface area (Å²) in [5.74, 6) is -0.161. The molecule has 0 unspecified atom stereocenters. The lowest BCUT2D eigenvalue weighted by molar-refractivity contribution is 0.0697. The van der Waals surface area contributed by atoms with E-state index in [1.54, 1.807) is 11.7 Å². The van der Waals surface area contributed by atoms with Gasteiger partial charge >= 0.3 is 5.97 Å². The number of carboxylic acid groups (broad SMARTS) is 1. The average Bonchev–Trinajstić information content (AvgIpc) is 2.61. The van der Waals surface area contributed by atoms with E-state index >= 15 is 0 Å². The van der Waals surface area contributed by atoms with Gasteiger partial charge in [0.2, 0.25) is 0 Å². The first-order valence-electron chi connectivity index (χ1n) is 5.20. The molecule has 1 aliphatic rings. The van der Waals surface area contributed by atoms with Gasteiger partial charge in [0.1, 0.15) is 11.4 Å². The lowest BCUT2D eigenvalue weighted by Crippen LogP contribution is -2.32. The van der Waals surface area contributed by atoms with Crippen LogP contribution in [0.5, 0.6) is 0 Å². The molecule has 0 saturated carbocycles. The van der Waals surface area contributed by atoms with Gasteiger partial charge in [0.15, 0.2) is 0 Å². The SMILES string of the molecule is Cn1ncc(C(=O)O)c1N1CCCCC1. The minimum Gasteiger partial charge on any atom is -0.477 e. The number of anilines is 1.